The minimum atomic E-state index is -0.959. The highest BCUT2D eigenvalue weighted by Crippen LogP contribution is 2.19. The minimum Gasteiger partial charge on any atom is -0.478 e. The Morgan fingerprint density at radius 3 is 2.65 bits per heavy atom. The lowest BCUT2D eigenvalue weighted by Gasteiger charge is -2.10. The van der Waals surface area contributed by atoms with Crippen molar-refractivity contribution in [3.8, 4) is 0 Å². The van der Waals surface area contributed by atoms with Crippen LogP contribution in [0.15, 0.2) is 36.4 Å². The van der Waals surface area contributed by atoms with Crippen molar-refractivity contribution in [1.29, 1.82) is 0 Å². The second kappa shape index (κ2) is 5.92. The van der Waals surface area contributed by atoms with E-state index in [1.807, 2.05) is 6.92 Å². The smallest absolute Gasteiger partial charge is 0.335 e. The number of rotatable bonds is 4. The maximum absolute atomic E-state index is 13.3. The van der Waals surface area contributed by atoms with Crippen LogP contribution in [0.1, 0.15) is 21.5 Å². The van der Waals surface area contributed by atoms with Crippen molar-refractivity contribution in [2.45, 2.75) is 13.5 Å². The summed E-state index contributed by atoms with van der Waals surface area (Å²) in [7, 11) is 0. The van der Waals surface area contributed by atoms with Gasteiger partial charge in [-0.15, -0.1) is 0 Å². The van der Waals surface area contributed by atoms with Crippen LogP contribution < -0.4 is 5.32 Å². The predicted octanol–water partition coefficient (Wildman–Crippen LogP) is 4.10. The molecule has 0 saturated carbocycles. The van der Waals surface area contributed by atoms with E-state index < -0.39 is 11.8 Å². The summed E-state index contributed by atoms with van der Waals surface area (Å²) >= 11 is 5.62. The Morgan fingerprint density at radius 1 is 1.30 bits per heavy atom. The van der Waals surface area contributed by atoms with Crippen molar-refractivity contribution in [1.82, 2.24) is 0 Å². The lowest BCUT2D eigenvalue weighted by molar-refractivity contribution is 0.0697. The van der Waals surface area contributed by atoms with Crippen LogP contribution in [0.3, 0.4) is 0 Å². The molecule has 0 spiro atoms. The Kier molecular flexibility index (Phi) is 4.25. The number of hydrogen-bond acceptors (Lipinski definition) is 2. The lowest BCUT2D eigenvalue weighted by atomic mass is 10.1. The van der Waals surface area contributed by atoms with Crippen molar-refractivity contribution in [3.05, 3.63) is 63.9 Å². The normalized spacial score (nSPS) is 10.3. The topological polar surface area (TPSA) is 49.3 Å². The van der Waals surface area contributed by atoms with Crippen LogP contribution in [0.4, 0.5) is 10.1 Å². The Hall–Kier alpha value is -2.07. The number of hydrogen-bond donors (Lipinski definition) is 2. The highest BCUT2D eigenvalue weighted by Gasteiger charge is 2.06. The Balaban J connectivity index is 2.10. The Bertz CT molecular complexity index is 658. The van der Waals surface area contributed by atoms with Crippen LogP contribution >= 0.6 is 11.6 Å². The quantitative estimate of drug-likeness (QED) is 0.892. The molecular weight excluding hydrogens is 281 g/mol. The fourth-order valence-corrected chi connectivity index (χ4v) is 1.96. The van der Waals surface area contributed by atoms with Gasteiger partial charge in [-0.3, -0.25) is 0 Å². The van der Waals surface area contributed by atoms with Gasteiger partial charge in [-0.2, -0.15) is 0 Å². The maximum atomic E-state index is 13.3. The van der Waals surface area contributed by atoms with Gasteiger partial charge in [0.1, 0.15) is 5.82 Å². The van der Waals surface area contributed by atoms with Gasteiger partial charge in [-0.05, 0) is 48.4 Å². The minimum absolute atomic E-state index is 0.0933. The van der Waals surface area contributed by atoms with Gasteiger partial charge in [0.25, 0.3) is 0 Å². The first kappa shape index (κ1) is 14.3. The molecule has 0 bridgehead atoms. The summed E-state index contributed by atoms with van der Waals surface area (Å²) in [6, 6.07) is 9.43. The number of halogens is 2. The van der Waals surface area contributed by atoms with Crippen LogP contribution in [0.2, 0.25) is 5.02 Å². The number of carboxylic acids is 1. The molecule has 20 heavy (non-hydrogen) atoms. The van der Waals surface area contributed by atoms with Crippen molar-refractivity contribution in [3.63, 3.8) is 0 Å². The van der Waals surface area contributed by atoms with Crippen molar-refractivity contribution in [2.75, 3.05) is 5.32 Å². The summed E-state index contributed by atoms with van der Waals surface area (Å²) in [5, 5.41) is 12.1. The molecule has 0 aliphatic carbocycles. The average molecular weight is 294 g/mol. The third-order valence-electron chi connectivity index (χ3n) is 2.94. The van der Waals surface area contributed by atoms with Crippen LogP contribution in [0, 0.1) is 12.7 Å². The van der Waals surface area contributed by atoms with E-state index in [0.29, 0.717) is 6.54 Å². The molecule has 0 aliphatic heterocycles. The molecule has 0 amide bonds. The fourth-order valence-electron chi connectivity index (χ4n) is 1.84. The van der Waals surface area contributed by atoms with Crippen molar-refractivity contribution in [2.24, 2.45) is 0 Å². The zero-order valence-corrected chi connectivity index (χ0v) is 11.5. The second-order valence-electron chi connectivity index (χ2n) is 4.44. The van der Waals surface area contributed by atoms with Gasteiger partial charge in [0, 0.05) is 12.2 Å². The van der Waals surface area contributed by atoms with Gasteiger partial charge in [-0.1, -0.05) is 17.7 Å². The number of aromatic carboxylic acids is 1. The Morgan fingerprint density at radius 2 is 2.05 bits per heavy atom. The first-order valence-electron chi connectivity index (χ1n) is 5.99. The largest absolute Gasteiger partial charge is 0.478 e. The molecule has 0 heterocycles. The summed E-state index contributed by atoms with van der Waals surface area (Å²) in [5.74, 6) is -1.41. The van der Waals surface area contributed by atoms with Crippen LogP contribution in [0.5, 0.6) is 0 Å². The molecule has 2 aromatic carbocycles. The maximum Gasteiger partial charge on any atom is 0.335 e. The van der Waals surface area contributed by atoms with Gasteiger partial charge in [0.15, 0.2) is 0 Å². The van der Waals surface area contributed by atoms with E-state index in [4.69, 9.17) is 16.7 Å². The number of anilines is 1. The second-order valence-corrected chi connectivity index (χ2v) is 4.84. The molecule has 2 rings (SSSR count). The van der Waals surface area contributed by atoms with Gasteiger partial charge in [0.05, 0.1) is 10.6 Å². The molecular formula is C15H13ClFNO2. The van der Waals surface area contributed by atoms with Gasteiger partial charge < -0.3 is 10.4 Å². The Labute approximate surface area is 121 Å². The number of carbonyl (C=O) groups is 1. The molecule has 0 aromatic heterocycles. The predicted molar refractivity (Wildman–Crippen MR) is 76.9 cm³/mol. The fraction of sp³-hybridized carbons (Fsp3) is 0.133. The van der Waals surface area contributed by atoms with Crippen LogP contribution in [-0.2, 0) is 6.54 Å². The van der Waals surface area contributed by atoms with E-state index in [-0.39, 0.29) is 10.6 Å². The third-order valence-corrected chi connectivity index (χ3v) is 3.25. The van der Waals surface area contributed by atoms with E-state index in [1.165, 1.54) is 18.2 Å². The number of aryl methyl sites for hydroxylation is 1. The van der Waals surface area contributed by atoms with Gasteiger partial charge >= 0.3 is 5.97 Å². The molecule has 2 aromatic rings. The molecule has 0 fully saturated rings. The summed E-state index contributed by atoms with van der Waals surface area (Å²) in [6.07, 6.45) is 0. The summed E-state index contributed by atoms with van der Waals surface area (Å²) in [5.41, 5.74) is 2.63. The lowest BCUT2D eigenvalue weighted by Crippen LogP contribution is -2.03. The zero-order valence-electron chi connectivity index (χ0n) is 10.8. The van der Waals surface area contributed by atoms with Crippen LogP contribution in [0.25, 0.3) is 0 Å². The molecule has 3 nitrogen and oxygen atoms in total. The summed E-state index contributed by atoms with van der Waals surface area (Å²) in [6.45, 7) is 2.25. The van der Waals surface area contributed by atoms with E-state index in [1.54, 1.807) is 18.2 Å². The molecule has 2 N–H and O–H groups in total. The summed E-state index contributed by atoms with van der Waals surface area (Å²) < 4.78 is 13.3. The highest BCUT2D eigenvalue weighted by atomic mass is 35.5. The zero-order chi connectivity index (χ0) is 14.7. The van der Waals surface area contributed by atoms with Crippen LogP contribution in [-0.4, -0.2) is 11.1 Å². The standard InChI is InChI=1S/C15H13ClFNO2/c1-9-6-11(15(19)20)3-5-14(9)18-8-10-2-4-12(16)13(17)7-10/h2-7,18H,8H2,1H3,(H,19,20). The number of nitrogens with one attached hydrogen (secondary N) is 1. The molecule has 0 radical (unpaired) electrons. The average Bonchev–Trinajstić information content (AvgIpc) is 2.41. The van der Waals surface area contributed by atoms with E-state index in [0.717, 1.165) is 16.8 Å². The van der Waals surface area contributed by atoms with Gasteiger partial charge in [0.2, 0.25) is 0 Å². The SMILES string of the molecule is Cc1cc(C(=O)O)ccc1NCc1ccc(Cl)c(F)c1. The number of carboxylic acid groups (broad SMARTS) is 1. The molecule has 0 saturated heterocycles. The van der Waals surface area contributed by atoms with Gasteiger partial charge in [-0.25, -0.2) is 9.18 Å². The first-order chi connectivity index (χ1) is 9.47. The van der Waals surface area contributed by atoms with Crippen molar-refractivity contribution >= 4 is 23.3 Å². The monoisotopic (exact) mass is 293 g/mol. The van der Waals surface area contributed by atoms with Crippen molar-refractivity contribution < 1.29 is 14.3 Å². The van der Waals surface area contributed by atoms with E-state index in [9.17, 15) is 9.18 Å². The summed E-state index contributed by atoms with van der Waals surface area (Å²) in [4.78, 5) is 10.8. The molecule has 0 aliphatic rings. The highest BCUT2D eigenvalue weighted by molar-refractivity contribution is 6.30. The first-order valence-corrected chi connectivity index (χ1v) is 6.37. The van der Waals surface area contributed by atoms with E-state index >= 15 is 0 Å². The molecule has 104 valence electrons. The third kappa shape index (κ3) is 3.27. The number of benzene rings is 2. The molecule has 5 heteroatoms. The molecule has 0 atom stereocenters. The molecule has 0 unspecified atom stereocenters. The van der Waals surface area contributed by atoms with E-state index in [2.05, 4.69) is 5.32 Å².